The van der Waals surface area contributed by atoms with E-state index in [1.807, 2.05) is 10.6 Å². The van der Waals surface area contributed by atoms with Gasteiger partial charge in [-0.05, 0) is 49.2 Å². The van der Waals surface area contributed by atoms with Crippen LogP contribution in [0, 0.1) is 0 Å². The fourth-order valence-corrected chi connectivity index (χ4v) is 3.81. The lowest BCUT2D eigenvalue weighted by Gasteiger charge is -2.11. The standard InChI is InChI=1S/C20H22N4O3/c1-27-18-9-7-13(11-15(18)21)22-19(25)12-6-8-17-16(10-12)23-20(26)24(17)14-4-2-3-5-14/h6-11,14H,2-5,21H2,1H3,(H,22,25)(H,23,26). The Morgan fingerprint density at radius 2 is 2.00 bits per heavy atom. The number of imidazole rings is 1. The molecule has 1 aliphatic rings. The van der Waals surface area contributed by atoms with E-state index in [1.54, 1.807) is 30.3 Å². The van der Waals surface area contributed by atoms with E-state index in [2.05, 4.69) is 10.3 Å². The number of methoxy groups -OCH3 is 1. The molecule has 7 nitrogen and oxygen atoms in total. The lowest BCUT2D eigenvalue weighted by atomic mass is 10.1. The lowest BCUT2D eigenvalue weighted by molar-refractivity contribution is 0.102. The van der Waals surface area contributed by atoms with Crippen LogP contribution in [0.1, 0.15) is 42.1 Å². The fraction of sp³-hybridized carbons (Fsp3) is 0.300. The quantitative estimate of drug-likeness (QED) is 0.617. The number of hydrogen-bond acceptors (Lipinski definition) is 4. The van der Waals surface area contributed by atoms with Crippen LogP contribution in [0.5, 0.6) is 5.75 Å². The van der Waals surface area contributed by atoms with Crippen LogP contribution >= 0.6 is 0 Å². The van der Waals surface area contributed by atoms with Gasteiger partial charge in [-0.2, -0.15) is 0 Å². The van der Waals surface area contributed by atoms with Gasteiger partial charge >= 0.3 is 5.69 Å². The van der Waals surface area contributed by atoms with Crippen LogP contribution in [-0.2, 0) is 0 Å². The van der Waals surface area contributed by atoms with E-state index in [1.165, 1.54) is 7.11 Å². The van der Waals surface area contributed by atoms with Crippen molar-refractivity contribution in [3.8, 4) is 5.75 Å². The van der Waals surface area contributed by atoms with Gasteiger partial charge in [0.25, 0.3) is 5.91 Å². The molecule has 3 aromatic rings. The van der Waals surface area contributed by atoms with Crippen molar-refractivity contribution in [1.82, 2.24) is 9.55 Å². The van der Waals surface area contributed by atoms with Gasteiger partial charge in [-0.3, -0.25) is 9.36 Å². The molecule has 1 amide bonds. The number of amides is 1. The largest absolute Gasteiger partial charge is 0.495 e. The van der Waals surface area contributed by atoms with Crippen LogP contribution < -0.4 is 21.5 Å². The van der Waals surface area contributed by atoms with E-state index in [0.29, 0.717) is 28.2 Å². The van der Waals surface area contributed by atoms with Gasteiger partial charge < -0.3 is 20.8 Å². The second-order valence-corrected chi connectivity index (χ2v) is 6.88. The van der Waals surface area contributed by atoms with Gasteiger partial charge in [0, 0.05) is 17.3 Å². The molecule has 4 rings (SSSR count). The second kappa shape index (κ2) is 6.83. The molecule has 0 spiro atoms. The topological polar surface area (TPSA) is 102 Å². The van der Waals surface area contributed by atoms with Crippen LogP contribution in [0.2, 0.25) is 0 Å². The maximum atomic E-state index is 12.6. The molecular weight excluding hydrogens is 344 g/mol. The van der Waals surface area contributed by atoms with Gasteiger partial charge in [-0.15, -0.1) is 0 Å². The predicted molar refractivity (Wildman–Crippen MR) is 105 cm³/mol. The van der Waals surface area contributed by atoms with Gasteiger partial charge in [0.15, 0.2) is 0 Å². The van der Waals surface area contributed by atoms with Gasteiger partial charge in [-0.25, -0.2) is 4.79 Å². The monoisotopic (exact) mass is 366 g/mol. The SMILES string of the molecule is COc1ccc(NC(=O)c2ccc3c(c2)[nH]c(=O)n3C2CCCC2)cc1N. The molecular formula is C20H22N4O3. The van der Waals surface area contributed by atoms with Crippen LogP contribution in [0.25, 0.3) is 11.0 Å². The van der Waals surface area contributed by atoms with Crippen LogP contribution in [0.4, 0.5) is 11.4 Å². The number of aromatic amines is 1. The highest BCUT2D eigenvalue weighted by Gasteiger charge is 2.21. The number of fused-ring (bicyclic) bond motifs is 1. The van der Waals surface area contributed by atoms with Gasteiger partial charge in [0.2, 0.25) is 0 Å². The third-order valence-electron chi connectivity index (χ3n) is 5.16. The zero-order valence-electron chi connectivity index (χ0n) is 15.1. The number of nitrogens with one attached hydrogen (secondary N) is 2. The molecule has 0 bridgehead atoms. The minimum atomic E-state index is -0.268. The fourth-order valence-electron chi connectivity index (χ4n) is 3.81. The first-order chi connectivity index (χ1) is 13.1. The molecule has 27 heavy (non-hydrogen) atoms. The van der Waals surface area contributed by atoms with Crippen LogP contribution in [0.15, 0.2) is 41.2 Å². The number of ether oxygens (including phenoxy) is 1. The Balaban J connectivity index is 1.61. The summed E-state index contributed by atoms with van der Waals surface area (Å²) in [6.07, 6.45) is 4.34. The van der Waals surface area contributed by atoms with Gasteiger partial charge in [-0.1, -0.05) is 12.8 Å². The summed E-state index contributed by atoms with van der Waals surface area (Å²) in [4.78, 5) is 27.8. The molecule has 0 radical (unpaired) electrons. The third-order valence-corrected chi connectivity index (χ3v) is 5.16. The highest BCUT2D eigenvalue weighted by molar-refractivity contribution is 6.06. The van der Waals surface area contributed by atoms with E-state index in [9.17, 15) is 9.59 Å². The number of anilines is 2. The number of rotatable bonds is 4. The Bertz CT molecular complexity index is 1060. The Hall–Kier alpha value is -3.22. The smallest absolute Gasteiger partial charge is 0.326 e. The van der Waals surface area contributed by atoms with E-state index in [0.717, 1.165) is 31.2 Å². The second-order valence-electron chi connectivity index (χ2n) is 6.88. The first kappa shape index (κ1) is 17.2. The number of nitrogen functional groups attached to an aromatic ring is 1. The summed E-state index contributed by atoms with van der Waals surface area (Å²) in [6.45, 7) is 0. The number of nitrogens with two attached hydrogens (primary N) is 1. The van der Waals surface area contributed by atoms with E-state index in [4.69, 9.17) is 10.5 Å². The van der Waals surface area contributed by atoms with Gasteiger partial charge in [0.05, 0.1) is 23.8 Å². The van der Waals surface area contributed by atoms with Gasteiger partial charge in [0.1, 0.15) is 5.75 Å². The summed E-state index contributed by atoms with van der Waals surface area (Å²) in [5.74, 6) is 0.288. The molecule has 1 saturated carbocycles. The predicted octanol–water partition coefficient (Wildman–Crippen LogP) is 3.29. The van der Waals surface area contributed by atoms with Crippen molar-refractivity contribution in [2.24, 2.45) is 0 Å². The third kappa shape index (κ3) is 3.16. The average molecular weight is 366 g/mol. The molecule has 1 fully saturated rings. The molecule has 0 atom stereocenters. The minimum absolute atomic E-state index is 0.114. The van der Waals surface area contributed by atoms with Crippen molar-refractivity contribution in [1.29, 1.82) is 0 Å². The van der Waals surface area contributed by atoms with Crippen LogP contribution in [0.3, 0.4) is 0 Å². The van der Waals surface area contributed by atoms with Crippen molar-refractivity contribution in [3.05, 3.63) is 52.4 Å². The first-order valence-corrected chi connectivity index (χ1v) is 9.06. The maximum Gasteiger partial charge on any atom is 0.326 e. The molecule has 1 aliphatic carbocycles. The zero-order chi connectivity index (χ0) is 19.0. The van der Waals surface area contributed by atoms with Crippen molar-refractivity contribution in [2.45, 2.75) is 31.7 Å². The lowest BCUT2D eigenvalue weighted by Crippen LogP contribution is -2.20. The van der Waals surface area contributed by atoms with E-state index < -0.39 is 0 Å². The number of hydrogen-bond donors (Lipinski definition) is 3. The Morgan fingerprint density at radius 1 is 1.22 bits per heavy atom. The molecule has 0 unspecified atom stereocenters. The number of aromatic nitrogens is 2. The molecule has 2 aromatic carbocycles. The highest BCUT2D eigenvalue weighted by Crippen LogP contribution is 2.31. The van der Waals surface area contributed by atoms with E-state index >= 15 is 0 Å². The van der Waals surface area contributed by atoms with E-state index in [-0.39, 0.29) is 17.6 Å². The summed E-state index contributed by atoms with van der Waals surface area (Å²) in [7, 11) is 1.54. The number of carbonyl (C=O) groups excluding carboxylic acids is 1. The summed E-state index contributed by atoms with van der Waals surface area (Å²) in [6, 6.07) is 10.6. The average Bonchev–Trinajstić information content (AvgIpc) is 3.27. The highest BCUT2D eigenvalue weighted by atomic mass is 16.5. The molecule has 1 heterocycles. The van der Waals surface area contributed by atoms with Crippen molar-refractivity contribution < 1.29 is 9.53 Å². The molecule has 4 N–H and O–H groups in total. The number of benzene rings is 2. The molecule has 7 heteroatoms. The minimum Gasteiger partial charge on any atom is -0.495 e. The number of H-pyrrole nitrogens is 1. The summed E-state index contributed by atoms with van der Waals surface area (Å²) >= 11 is 0. The first-order valence-electron chi connectivity index (χ1n) is 9.06. The normalized spacial score (nSPS) is 14.6. The molecule has 0 aliphatic heterocycles. The molecule has 0 saturated heterocycles. The van der Waals surface area contributed by atoms with Crippen molar-refractivity contribution in [3.63, 3.8) is 0 Å². The Kier molecular flexibility index (Phi) is 4.35. The molecule has 140 valence electrons. The summed E-state index contributed by atoms with van der Waals surface area (Å²) in [5.41, 5.74) is 8.78. The zero-order valence-corrected chi connectivity index (χ0v) is 15.1. The van der Waals surface area contributed by atoms with Crippen molar-refractivity contribution >= 4 is 28.3 Å². The Labute approximate surface area is 156 Å². The Morgan fingerprint density at radius 3 is 2.70 bits per heavy atom. The summed E-state index contributed by atoms with van der Waals surface area (Å²) in [5, 5.41) is 2.82. The molecule has 1 aromatic heterocycles. The summed E-state index contributed by atoms with van der Waals surface area (Å²) < 4.78 is 6.95. The number of carbonyl (C=O) groups is 1. The van der Waals surface area contributed by atoms with Crippen molar-refractivity contribution in [2.75, 3.05) is 18.2 Å². The van der Waals surface area contributed by atoms with Crippen LogP contribution in [-0.4, -0.2) is 22.6 Å². The maximum absolute atomic E-state index is 12.6. The number of nitrogens with zero attached hydrogens (tertiary/aromatic N) is 1.